The maximum absolute atomic E-state index is 12.7. The van der Waals surface area contributed by atoms with Gasteiger partial charge >= 0.3 is 5.97 Å². The number of rotatable bonds is 5. The van der Waals surface area contributed by atoms with Crippen LogP contribution in [0.15, 0.2) is 24.3 Å². The van der Waals surface area contributed by atoms with Crippen molar-refractivity contribution in [3.8, 4) is 11.3 Å². The molecule has 0 aliphatic heterocycles. The Bertz CT molecular complexity index is 844. The summed E-state index contributed by atoms with van der Waals surface area (Å²) >= 11 is 0. The quantitative estimate of drug-likeness (QED) is 0.639. The average molecular weight is 370 g/mol. The van der Waals surface area contributed by atoms with Crippen LogP contribution in [0.3, 0.4) is 0 Å². The van der Waals surface area contributed by atoms with E-state index in [1.54, 1.807) is 31.3 Å². The Kier molecular flexibility index (Phi) is 5.63. The van der Waals surface area contributed by atoms with Gasteiger partial charge in [0.15, 0.2) is 6.29 Å². The van der Waals surface area contributed by atoms with Crippen LogP contribution in [0.25, 0.3) is 11.3 Å². The third kappa shape index (κ3) is 3.89. The molecule has 3 rings (SSSR count). The highest BCUT2D eigenvalue weighted by atomic mass is 16.5. The molecule has 142 valence electrons. The van der Waals surface area contributed by atoms with E-state index in [1.807, 2.05) is 0 Å². The smallest absolute Gasteiger partial charge is 0.309 e. The van der Waals surface area contributed by atoms with Gasteiger partial charge in [0, 0.05) is 18.3 Å². The van der Waals surface area contributed by atoms with Crippen molar-refractivity contribution in [1.29, 1.82) is 0 Å². The fourth-order valence-corrected chi connectivity index (χ4v) is 3.53. The number of hydrogen-bond acceptors (Lipinski definition) is 6. The molecule has 0 radical (unpaired) electrons. The fraction of sp³-hybridized carbons (Fsp3) is 0.421. The molecule has 1 aromatic carbocycles. The molecule has 1 aliphatic carbocycles. The number of benzene rings is 1. The van der Waals surface area contributed by atoms with Crippen LogP contribution >= 0.6 is 0 Å². The van der Waals surface area contributed by atoms with Gasteiger partial charge in [0.2, 0.25) is 5.91 Å². The number of carbonyl (C=O) groups is 3. The molecule has 1 amide bonds. The number of aromatic nitrogens is 3. The van der Waals surface area contributed by atoms with E-state index in [1.165, 1.54) is 11.8 Å². The summed E-state index contributed by atoms with van der Waals surface area (Å²) < 4.78 is 6.26. The lowest BCUT2D eigenvalue weighted by molar-refractivity contribution is -0.151. The van der Waals surface area contributed by atoms with E-state index in [4.69, 9.17) is 4.74 Å². The number of hydrogen-bond donors (Lipinski definition) is 1. The largest absolute Gasteiger partial charge is 0.469 e. The van der Waals surface area contributed by atoms with Crippen molar-refractivity contribution < 1.29 is 19.1 Å². The second-order valence-electron chi connectivity index (χ2n) is 6.65. The molecule has 0 saturated heterocycles. The number of esters is 1. The predicted octanol–water partition coefficient (Wildman–Crippen LogP) is 2.21. The number of aryl methyl sites for hydroxylation is 1. The lowest BCUT2D eigenvalue weighted by Gasteiger charge is -2.28. The van der Waals surface area contributed by atoms with Crippen molar-refractivity contribution in [2.24, 2.45) is 18.9 Å². The van der Waals surface area contributed by atoms with Crippen molar-refractivity contribution >= 4 is 23.9 Å². The van der Waals surface area contributed by atoms with E-state index < -0.39 is 5.92 Å². The summed E-state index contributed by atoms with van der Waals surface area (Å²) in [6.07, 6.45) is 3.90. The number of carbonyl (C=O) groups excluding carboxylic acids is 3. The van der Waals surface area contributed by atoms with E-state index in [9.17, 15) is 14.4 Å². The summed E-state index contributed by atoms with van der Waals surface area (Å²) in [5, 5.41) is 10.7. The van der Waals surface area contributed by atoms with Crippen LogP contribution in [-0.4, -0.2) is 40.3 Å². The lowest BCUT2D eigenvalue weighted by Crippen LogP contribution is -2.36. The van der Waals surface area contributed by atoms with Crippen LogP contribution in [0, 0.1) is 11.8 Å². The van der Waals surface area contributed by atoms with E-state index in [-0.39, 0.29) is 17.8 Å². The molecule has 1 aliphatic rings. The summed E-state index contributed by atoms with van der Waals surface area (Å²) in [5.74, 6) is -1.27. The van der Waals surface area contributed by atoms with Crippen LogP contribution in [0.1, 0.15) is 36.2 Å². The minimum atomic E-state index is -0.391. The molecule has 1 aromatic heterocycles. The first-order valence-corrected chi connectivity index (χ1v) is 8.89. The van der Waals surface area contributed by atoms with Crippen LogP contribution < -0.4 is 5.32 Å². The monoisotopic (exact) mass is 370 g/mol. The van der Waals surface area contributed by atoms with Gasteiger partial charge in [0.05, 0.1) is 18.9 Å². The predicted molar refractivity (Wildman–Crippen MR) is 97.9 cm³/mol. The number of ether oxygens (including phenoxy) is 1. The molecule has 0 unspecified atom stereocenters. The minimum Gasteiger partial charge on any atom is -0.469 e. The molecule has 2 atom stereocenters. The molecular weight excluding hydrogens is 348 g/mol. The number of amides is 1. The van der Waals surface area contributed by atoms with Gasteiger partial charge in [0.25, 0.3) is 0 Å². The van der Waals surface area contributed by atoms with E-state index in [0.29, 0.717) is 36.2 Å². The second-order valence-corrected chi connectivity index (χ2v) is 6.65. The maximum atomic E-state index is 12.7. The summed E-state index contributed by atoms with van der Waals surface area (Å²) in [6, 6.07) is 7.02. The number of methoxy groups -OCH3 is 1. The first kappa shape index (κ1) is 18.8. The molecule has 1 fully saturated rings. The second kappa shape index (κ2) is 8.11. The molecular formula is C19H22N4O4. The lowest BCUT2D eigenvalue weighted by atomic mass is 9.78. The molecule has 2 aromatic rings. The number of aldehydes is 1. The topological polar surface area (TPSA) is 103 Å². The zero-order chi connectivity index (χ0) is 19.4. The zero-order valence-corrected chi connectivity index (χ0v) is 15.3. The van der Waals surface area contributed by atoms with E-state index in [2.05, 4.69) is 15.6 Å². The standard InChI is InChI=1S/C19H22N4O4/c1-23-16(11-24)17(21-22-23)12-7-9-13(10-8-12)20-18(25)14-5-3-4-6-15(14)19(26)27-2/h7-11,14-15H,3-6H2,1-2H3,(H,20,25)/t14-,15-/m0/s1. The highest BCUT2D eigenvalue weighted by Gasteiger charge is 2.36. The van der Waals surface area contributed by atoms with Crippen LogP contribution in [0.2, 0.25) is 0 Å². The summed E-state index contributed by atoms with van der Waals surface area (Å²) in [6.45, 7) is 0. The van der Waals surface area contributed by atoms with E-state index in [0.717, 1.165) is 18.4 Å². The van der Waals surface area contributed by atoms with Crippen molar-refractivity contribution in [3.63, 3.8) is 0 Å². The van der Waals surface area contributed by atoms with Crippen molar-refractivity contribution in [1.82, 2.24) is 15.0 Å². The number of anilines is 1. The van der Waals surface area contributed by atoms with Crippen molar-refractivity contribution in [2.45, 2.75) is 25.7 Å². The Hall–Kier alpha value is -3.03. The Morgan fingerprint density at radius 1 is 1.19 bits per heavy atom. The van der Waals surface area contributed by atoms with Crippen LogP contribution in [0.4, 0.5) is 5.69 Å². The third-order valence-corrected chi connectivity index (χ3v) is 5.01. The Morgan fingerprint density at radius 2 is 1.85 bits per heavy atom. The van der Waals surface area contributed by atoms with Gasteiger partial charge in [-0.15, -0.1) is 5.10 Å². The van der Waals surface area contributed by atoms with Gasteiger partial charge in [-0.1, -0.05) is 30.2 Å². The van der Waals surface area contributed by atoms with E-state index >= 15 is 0 Å². The highest BCUT2D eigenvalue weighted by Crippen LogP contribution is 2.32. The molecule has 8 heteroatoms. The zero-order valence-electron chi connectivity index (χ0n) is 15.3. The SMILES string of the molecule is COC(=O)[C@H]1CCCC[C@@H]1C(=O)Nc1ccc(-c2nnn(C)c2C=O)cc1. The molecule has 27 heavy (non-hydrogen) atoms. The Balaban J connectivity index is 1.73. The normalized spacial score (nSPS) is 19.3. The van der Waals surface area contributed by atoms with Crippen LogP contribution in [-0.2, 0) is 21.4 Å². The molecule has 8 nitrogen and oxygen atoms in total. The minimum absolute atomic E-state index is 0.175. The fourth-order valence-electron chi connectivity index (χ4n) is 3.53. The molecule has 0 bridgehead atoms. The number of nitrogens with one attached hydrogen (secondary N) is 1. The first-order chi connectivity index (χ1) is 13.0. The third-order valence-electron chi connectivity index (χ3n) is 5.01. The summed E-state index contributed by atoms with van der Waals surface area (Å²) in [4.78, 5) is 35.8. The van der Waals surface area contributed by atoms with Gasteiger partial charge < -0.3 is 10.1 Å². The van der Waals surface area contributed by atoms with Gasteiger partial charge in [-0.2, -0.15) is 0 Å². The summed E-state index contributed by atoms with van der Waals surface area (Å²) in [5.41, 5.74) is 2.22. The van der Waals surface area contributed by atoms with Gasteiger partial charge in [-0.3, -0.25) is 14.4 Å². The Labute approximate surface area is 156 Å². The van der Waals surface area contributed by atoms with Gasteiger partial charge in [-0.25, -0.2) is 4.68 Å². The molecule has 1 N–H and O–H groups in total. The number of nitrogens with zero attached hydrogens (tertiary/aromatic N) is 3. The summed E-state index contributed by atoms with van der Waals surface area (Å²) in [7, 11) is 3.00. The van der Waals surface area contributed by atoms with Crippen molar-refractivity contribution in [2.75, 3.05) is 12.4 Å². The highest BCUT2D eigenvalue weighted by molar-refractivity contribution is 5.95. The Morgan fingerprint density at radius 3 is 2.48 bits per heavy atom. The van der Waals surface area contributed by atoms with Gasteiger partial charge in [0.1, 0.15) is 11.4 Å². The molecule has 0 spiro atoms. The van der Waals surface area contributed by atoms with Crippen LogP contribution in [0.5, 0.6) is 0 Å². The van der Waals surface area contributed by atoms with Gasteiger partial charge in [-0.05, 0) is 25.0 Å². The first-order valence-electron chi connectivity index (χ1n) is 8.89. The maximum Gasteiger partial charge on any atom is 0.309 e. The average Bonchev–Trinajstić information content (AvgIpc) is 3.08. The van der Waals surface area contributed by atoms with Crippen molar-refractivity contribution in [3.05, 3.63) is 30.0 Å². The molecule has 1 heterocycles. The molecule has 1 saturated carbocycles.